The standard InChI is InChI=1S/C6H9NO2S2/c8-11(9)5-2-3-1-4(7-11)6(5)10-3/h3-7H,1-2H2. The zero-order valence-electron chi connectivity index (χ0n) is 5.86. The third-order valence-electron chi connectivity index (χ3n) is 2.84. The van der Waals surface area contributed by atoms with Gasteiger partial charge in [0.25, 0.3) is 0 Å². The lowest BCUT2D eigenvalue weighted by Gasteiger charge is -2.11. The predicted octanol–water partition coefficient (Wildman–Crippen LogP) is -0.0656. The number of hydrogen-bond acceptors (Lipinski definition) is 3. The first-order valence-corrected chi connectivity index (χ1v) is 6.32. The molecule has 0 aromatic rings. The lowest BCUT2D eigenvalue weighted by molar-refractivity contribution is 0.525. The number of thioether (sulfide) groups is 1. The van der Waals surface area contributed by atoms with Gasteiger partial charge in [-0.3, -0.25) is 0 Å². The molecule has 0 aliphatic carbocycles. The van der Waals surface area contributed by atoms with E-state index in [2.05, 4.69) is 4.72 Å². The number of nitrogens with one attached hydrogen (secondary N) is 1. The van der Waals surface area contributed by atoms with E-state index in [0.29, 0.717) is 10.5 Å². The molecule has 3 fully saturated rings. The summed E-state index contributed by atoms with van der Waals surface area (Å²) in [6, 6.07) is 0.272. The number of fused-ring (bicyclic) bond motifs is 1. The molecule has 3 rings (SSSR count). The molecule has 0 radical (unpaired) electrons. The molecule has 1 N–H and O–H groups in total. The SMILES string of the molecule is O=S1(=O)NC2CC3CC1C2S3. The number of sulfonamides is 1. The van der Waals surface area contributed by atoms with Gasteiger partial charge in [0.15, 0.2) is 0 Å². The molecule has 3 aliphatic rings. The van der Waals surface area contributed by atoms with Crippen molar-refractivity contribution in [2.24, 2.45) is 0 Å². The average molecular weight is 191 g/mol. The van der Waals surface area contributed by atoms with Gasteiger partial charge in [-0.2, -0.15) is 11.8 Å². The predicted molar refractivity (Wildman–Crippen MR) is 44.0 cm³/mol. The Labute approximate surface area is 70.0 Å². The zero-order chi connectivity index (χ0) is 7.64. The van der Waals surface area contributed by atoms with Crippen molar-refractivity contribution >= 4 is 21.8 Å². The summed E-state index contributed by atoms with van der Waals surface area (Å²) >= 11 is 1.87. The van der Waals surface area contributed by atoms with Crippen molar-refractivity contribution in [3.63, 3.8) is 0 Å². The number of rotatable bonds is 0. The van der Waals surface area contributed by atoms with E-state index in [4.69, 9.17) is 0 Å². The van der Waals surface area contributed by atoms with Crippen LogP contribution in [-0.4, -0.2) is 30.2 Å². The average Bonchev–Trinajstić information content (AvgIpc) is 2.44. The second-order valence-electron chi connectivity index (χ2n) is 3.50. The minimum absolute atomic E-state index is 0.0590. The Hall–Kier alpha value is 0.260. The normalized spacial score (nSPS) is 57.1. The second kappa shape index (κ2) is 1.78. The Morgan fingerprint density at radius 3 is 2.73 bits per heavy atom. The van der Waals surface area contributed by atoms with Crippen molar-refractivity contribution in [1.82, 2.24) is 4.72 Å². The molecule has 0 aromatic heterocycles. The Kier molecular flexibility index (Phi) is 1.09. The van der Waals surface area contributed by atoms with E-state index < -0.39 is 10.0 Å². The van der Waals surface area contributed by atoms with E-state index in [0.717, 1.165) is 12.8 Å². The molecule has 0 amide bonds. The van der Waals surface area contributed by atoms with E-state index in [9.17, 15) is 8.42 Å². The highest BCUT2D eigenvalue weighted by Gasteiger charge is 2.58. The molecule has 2 bridgehead atoms. The quantitative estimate of drug-likeness (QED) is 0.583. The molecule has 3 aliphatic heterocycles. The van der Waals surface area contributed by atoms with Crippen LogP contribution in [0.2, 0.25) is 0 Å². The first kappa shape index (κ1) is 6.74. The van der Waals surface area contributed by atoms with Crippen molar-refractivity contribution in [2.75, 3.05) is 0 Å². The lowest BCUT2D eigenvalue weighted by atomic mass is 9.96. The smallest absolute Gasteiger partial charge is 0.212 e. The fraction of sp³-hybridized carbons (Fsp3) is 1.00. The van der Waals surface area contributed by atoms with Crippen molar-refractivity contribution in [1.29, 1.82) is 0 Å². The van der Waals surface area contributed by atoms with Crippen LogP contribution in [0, 0.1) is 0 Å². The molecular weight excluding hydrogens is 182 g/mol. The molecule has 4 unspecified atom stereocenters. The van der Waals surface area contributed by atoms with E-state index in [-0.39, 0.29) is 11.3 Å². The molecule has 0 saturated carbocycles. The van der Waals surface area contributed by atoms with Crippen LogP contribution < -0.4 is 4.72 Å². The van der Waals surface area contributed by atoms with Gasteiger partial charge in [-0.1, -0.05) is 0 Å². The van der Waals surface area contributed by atoms with Gasteiger partial charge in [-0.05, 0) is 12.8 Å². The van der Waals surface area contributed by atoms with Crippen molar-refractivity contribution in [3.05, 3.63) is 0 Å². The van der Waals surface area contributed by atoms with Gasteiger partial charge in [0, 0.05) is 16.5 Å². The zero-order valence-corrected chi connectivity index (χ0v) is 7.49. The van der Waals surface area contributed by atoms with E-state index in [1.54, 1.807) is 0 Å². The van der Waals surface area contributed by atoms with Crippen molar-refractivity contribution < 1.29 is 8.42 Å². The van der Waals surface area contributed by atoms with Crippen LogP contribution >= 0.6 is 11.8 Å². The molecule has 3 nitrogen and oxygen atoms in total. The van der Waals surface area contributed by atoms with Crippen molar-refractivity contribution in [2.45, 2.75) is 34.6 Å². The van der Waals surface area contributed by atoms with E-state index in [1.807, 2.05) is 11.8 Å². The molecule has 0 aromatic carbocycles. The van der Waals surface area contributed by atoms with Gasteiger partial charge in [0.1, 0.15) is 0 Å². The third kappa shape index (κ3) is 0.716. The number of hydrogen-bond donors (Lipinski definition) is 1. The summed E-state index contributed by atoms with van der Waals surface area (Å²) < 4.78 is 25.4. The Bertz CT molecular complexity index is 298. The van der Waals surface area contributed by atoms with Crippen LogP contribution in [0.4, 0.5) is 0 Å². The molecule has 0 spiro atoms. The summed E-state index contributed by atoms with van der Waals surface area (Å²) in [7, 11) is -2.90. The van der Waals surface area contributed by atoms with Gasteiger partial charge in [-0.15, -0.1) is 0 Å². The Balaban J connectivity index is 2.14. The summed E-state index contributed by atoms with van der Waals surface area (Å²) in [5.41, 5.74) is 0. The van der Waals surface area contributed by atoms with Crippen LogP contribution in [0.15, 0.2) is 0 Å². The highest BCUT2D eigenvalue weighted by Crippen LogP contribution is 2.51. The molecule has 62 valence electrons. The van der Waals surface area contributed by atoms with Gasteiger partial charge in [0.05, 0.1) is 5.25 Å². The van der Waals surface area contributed by atoms with Crippen LogP contribution in [-0.2, 0) is 10.0 Å². The van der Waals surface area contributed by atoms with Gasteiger partial charge < -0.3 is 0 Å². The molecular formula is C6H9NO2S2. The van der Waals surface area contributed by atoms with Crippen LogP contribution in [0.5, 0.6) is 0 Å². The summed E-state index contributed by atoms with van der Waals surface area (Å²) in [5, 5.41) is 0.945. The van der Waals surface area contributed by atoms with Gasteiger partial charge in [-0.25, -0.2) is 13.1 Å². The lowest BCUT2D eigenvalue weighted by Crippen LogP contribution is -2.28. The third-order valence-corrected chi connectivity index (χ3v) is 6.67. The molecule has 3 saturated heterocycles. The summed E-state index contributed by atoms with van der Waals surface area (Å²) in [6.07, 6.45) is 1.95. The maximum Gasteiger partial charge on any atom is 0.215 e. The van der Waals surface area contributed by atoms with Gasteiger partial charge in [0.2, 0.25) is 10.0 Å². The first-order chi connectivity index (χ1) is 5.17. The minimum atomic E-state index is -2.90. The minimum Gasteiger partial charge on any atom is -0.212 e. The summed E-state index contributed by atoms with van der Waals surface area (Å²) in [5.74, 6) is 0. The van der Waals surface area contributed by atoms with Crippen LogP contribution in [0.3, 0.4) is 0 Å². The Morgan fingerprint density at radius 2 is 2.18 bits per heavy atom. The maximum atomic E-state index is 11.4. The molecule has 3 heterocycles. The van der Waals surface area contributed by atoms with Crippen LogP contribution in [0.25, 0.3) is 0 Å². The Morgan fingerprint density at radius 1 is 1.36 bits per heavy atom. The summed E-state index contributed by atoms with van der Waals surface area (Å²) in [6.45, 7) is 0. The van der Waals surface area contributed by atoms with E-state index in [1.165, 1.54) is 0 Å². The fourth-order valence-electron chi connectivity index (χ4n) is 2.40. The second-order valence-corrected chi connectivity index (χ2v) is 6.92. The van der Waals surface area contributed by atoms with Crippen LogP contribution in [0.1, 0.15) is 12.8 Å². The summed E-state index contributed by atoms with van der Waals surface area (Å²) in [4.78, 5) is 0. The monoisotopic (exact) mass is 191 g/mol. The molecule has 11 heavy (non-hydrogen) atoms. The van der Waals surface area contributed by atoms with E-state index >= 15 is 0 Å². The topological polar surface area (TPSA) is 46.2 Å². The largest absolute Gasteiger partial charge is 0.215 e. The van der Waals surface area contributed by atoms with Gasteiger partial charge >= 0.3 is 0 Å². The highest BCUT2D eigenvalue weighted by atomic mass is 32.2. The first-order valence-electron chi connectivity index (χ1n) is 3.83. The van der Waals surface area contributed by atoms with Crippen molar-refractivity contribution in [3.8, 4) is 0 Å². The highest BCUT2D eigenvalue weighted by molar-refractivity contribution is 8.03. The fourth-order valence-corrected chi connectivity index (χ4v) is 6.84. The maximum absolute atomic E-state index is 11.4. The molecule has 5 heteroatoms. The molecule has 4 atom stereocenters.